The first-order valence-corrected chi connectivity index (χ1v) is 9.70. The Morgan fingerprint density at radius 3 is 2.58 bits per heavy atom. The Kier molecular flexibility index (Phi) is 7.93. The van der Waals surface area contributed by atoms with Gasteiger partial charge in [0.2, 0.25) is 0 Å². The minimum atomic E-state index is 0. The van der Waals surface area contributed by atoms with Gasteiger partial charge < -0.3 is 15.5 Å². The van der Waals surface area contributed by atoms with Gasteiger partial charge >= 0.3 is 0 Å². The molecule has 7 heteroatoms. The third kappa shape index (κ3) is 5.40. The number of hydrogen-bond donors (Lipinski definition) is 1. The van der Waals surface area contributed by atoms with Crippen molar-refractivity contribution in [3.8, 4) is 0 Å². The van der Waals surface area contributed by atoms with Crippen LogP contribution in [-0.4, -0.2) is 53.5 Å². The predicted octanol–water partition coefficient (Wildman–Crippen LogP) is 2.80. The van der Waals surface area contributed by atoms with Gasteiger partial charge in [-0.2, -0.15) is 11.8 Å². The molecule has 0 radical (unpaired) electrons. The third-order valence-corrected chi connectivity index (χ3v) is 5.62. The summed E-state index contributed by atoms with van der Waals surface area (Å²) in [7, 11) is 0. The van der Waals surface area contributed by atoms with Gasteiger partial charge in [0.15, 0.2) is 5.96 Å². The molecule has 0 bridgehead atoms. The van der Waals surface area contributed by atoms with E-state index in [-0.39, 0.29) is 24.0 Å². The molecular weight excluding hydrogens is 433 g/mol. The van der Waals surface area contributed by atoms with Crippen molar-refractivity contribution in [3.05, 3.63) is 23.9 Å². The van der Waals surface area contributed by atoms with Crippen LogP contribution < -0.4 is 10.6 Å². The number of rotatable bonds is 3. The summed E-state index contributed by atoms with van der Waals surface area (Å²) in [5.41, 5.74) is 7.21. The van der Waals surface area contributed by atoms with Crippen LogP contribution in [0.5, 0.6) is 0 Å². The van der Waals surface area contributed by atoms with E-state index in [0.29, 0.717) is 12.5 Å². The summed E-state index contributed by atoms with van der Waals surface area (Å²) in [4.78, 5) is 13.7. The minimum absolute atomic E-state index is 0. The summed E-state index contributed by atoms with van der Waals surface area (Å²) < 4.78 is 0. The van der Waals surface area contributed by atoms with Gasteiger partial charge in [-0.25, -0.2) is 9.98 Å². The van der Waals surface area contributed by atoms with Gasteiger partial charge in [0.25, 0.3) is 0 Å². The van der Waals surface area contributed by atoms with Crippen LogP contribution in [0, 0.1) is 5.92 Å². The van der Waals surface area contributed by atoms with E-state index in [9.17, 15) is 0 Å². The zero-order valence-electron chi connectivity index (χ0n) is 14.4. The van der Waals surface area contributed by atoms with E-state index in [0.717, 1.165) is 55.0 Å². The zero-order valence-corrected chi connectivity index (χ0v) is 17.5. The van der Waals surface area contributed by atoms with Crippen LogP contribution in [0.25, 0.3) is 0 Å². The van der Waals surface area contributed by atoms with E-state index in [1.165, 1.54) is 12.8 Å². The lowest BCUT2D eigenvalue weighted by atomic mass is 9.99. The van der Waals surface area contributed by atoms with Crippen molar-refractivity contribution in [2.75, 3.05) is 42.6 Å². The molecule has 2 N–H and O–H groups in total. The topological polar surface area (TPSA) is 57.8 Å². The molecule has 2 aliphatic heterocycles. The highest BCUT2D eigenvalue weighted by Crippen LogP contribution is 2.21. The minimum Gasteiger partial charge on any atom is -0.370 e. The number of anilines is 1. The molecule has 0 amide bonds. The van der Waals surface area contributed by atoms with Gasteiger partial charge in [-0.3, -0.25) is 0 Å². The van der Waals surface area contributed by atoms with Crippen molar-refractivity contribution in [1.29, 1.82) is 0 Å². The Morgan fingerprint density at radius 1 is 1.25 bits per heavy atom. The van der Waals surface area contributed by atoms with Crippen LogP contribution in [0.15, 0.2) is 23.3 Å². The third-order valence-electron chi connectivity index (χ3n) is 4.68. The van der Waals surface area contributed by atoms with Crippen molar-refractivity contribution in [3.63, 3.8) is 0 Å². The van der Waals surface area contributed by atoms with Gasteiger partial charge in [0.1, 0.15) is 5.82 Å². The number of aromatic nitrogens is 1. The molecule has 0 atom stereocenters. The van der Waals surface area contributed by atoms with Gasteiger partial charge in [-0.05, 0) is 30.4 Å². The van der Waals surface area contributed by atoms with Crippen LogP contribution in [-0.2, 0) is 6.54 Å². The van der Waals surface area contributed by atoms with Gasteiger partial charge in [-0.1, -0.05) is 13.0 Å². The maximum Gasteiger partial charge on any atom is 0.191 e. The first kappa shape index (κ1) is 19.6. The smallest absolute Gasteiger partial charge is 0.191 e. The Morgan fingerprint density at radius 2 is 1.96 bits per heavy atom. The fourth-order valence-electron chi connectivity index (χ4n) is 3.00. The summed E-state index contributed by atoms with van der Waals surface area (Å²) in [6.07, 6.45) is 4.47. The van der Waals surface area contributed by atoms with Gasteiger partial charge in [0.05, 0.1) is 6.54 Å². The fraction of sp³-hybridized carbons (Fsp3) is 0.647. The molecule has 0 aliphatic carbocycles. The van der Waals surface area contributed by atoms with Gasteiger partial charge in [-0.15, -0.1) is 24.0 Å². The number of pyridine rings is 1. The Labute approximate surface area is 166 Å². The molecule has 3 rings (SSSR count). The number of nitrogens with two attached hydrogens (primary N) is 1. The van der Waals surface area contributed by atoms with Crippen molar-refractivity contribution >= 4 is 47.5 Å². The first-order chi connectivity index (χ1) is 11.2. The molecular formula is C17H28IN5S. The number of nitrogens with zero attached hydrogens (tertiary/aromatic N) is 4. The molecule has 0 unspecified atom stereocenters. The number of guanidine groups is 1. The van der Waals surface area contributed by atoms with Crippen molar-refractivity contribution in [2.24, 2.45) is 16.6 Å². The number of thioether (sulfide) groups is 1. The molecule has 0 aromatic carbocycles. The summed E-state index contributed by atoms with van der Waals surface area (Å²) in [5, 5.41) is 0. The van der Waals surface area contributed by atoms with E-state index in [1.807, 2.05) is 18.0 Å². The van der Waals surface area contributed by atoms with E-state index in [2.05, 4.69) is 38.8 Å². The van der Waals surface area contributed by atoms with E-state index < -0.39 is 0 Å². The van der Waals surface area contributed by atoms with Crippen LogP contribution in [0.2, 0.25) is 0 Å². The Bertz CT molecular complexity index is 522. The SMILES string of the molecule is CC1CCN(c2ccc(CN=C(N)N3CCSCC3)cn2)CC1.I. The standard InChI is InChI=1S/C17H27N5S.HI/c1-14-4-6-21(7-5-14)16-3-2-15(12-19-16)13-20-17(18)22-8-10-23-11-9-22;/h2-3,12,14H,4-11,13H2,1H3,(H2,18,20);1H. The quantitative estimate of drug-likeness (QED) is 0.426. The molecule has 2 aliphatic rings. The summed E-state index contributed by atoms with van der Waals surface area (Å²) in [6, 6.07) is 4.25. The van der Waals surface area contributed by atoms with E-state index in [4.69, 9.17) is 5.73 Å². The van der Waals surface area contributed by atoms with Crippen molar-refractivity contribution in [1.82, 2.24) is 9.88 Å². The molecule has 2 fully saturated rings. The van der Waals surface area contributed by atoms with Gasteiger partial charge in [0, 0.05) is 43.9 Å². The van der Waals surface area contributed by atoms with Crippen LogP contribution in [0.3, 0.4) is 0 Å². The number of halogens is 1. The summed E-state index contributed by atoms with van der Waals surface area (Å²) in [5.74, 6) is 4.88. The monoisotopic (exact) mass is 461 g/mol. The molecule has 5 nitrogen and oxygen atoms in total. The Hall–Kier alpha value is -0.700. The lowest BCUT2D eigenvalue weighted by molar-refractivity contribution is 0.436. The van der Waals surface area contributed by atoms with Crippen molar-refractivity contribution in [2.45, 2.75) is 26.3 Å². The number of hydrogen-bond acceptors (Lipinski definition) is 4. The summed E-state index contributed by atoms with van der Waals surface area (Å²) in [6.45, 7) is 7.18. The average molecular weight is 461 g/mol. The van der Waals surface area contributed by atoms with Crippen LogP contribution >= 0.6 is 35.7 Å². The highest BCUT2D eigenvalue weighted by Gasteiger charge is 2.16. The average Bonchev–Trinajstić information content (AvgIpc) is 2.61. The summed E-state index contributed by atoms with van der Waals surface area (Å²) >= 11 is 1.98. The lowest BCUT2D eigenvalue weighted by Crippen LogP contribution is -2.42. The normalized spacial score (nSPS) is 20.0. The fourth-order valence-corrected chi connectivity index (χ4v) is 3.90. The molecule has 1 aromatic rings. The second kappa shape index (κ2) is 9.70. The first-order valence-electron chi connectivity index (χ1n) is 8.55. The number of piperidine rings is 1. The second-order valence-corrected chi connectivity index (χ2v) is 7.69. The molecule has 2 saturated heterocycles. The maximum atomic E-state index is 6.09. The predicted molar refractivity (Wildman–Crippen MR) is 114 cm³/mol. The van der Waals surface area contributed by atoms with Crippen LogP contribution in [0.4, 0.5) is 5.82 Å². The molecule has 3 heterocycles. The maximum absolute atomic E-state index is 6.09. The molecule has 1 aromatic heterocycles. The molecule has 134 valence electrons. The zero-order chi connectivity index (χ0) is 16.1. The van der Waals surface area contributed by atoms with E-state index >= 15 is 0 Å². The van der Waals surface area contributed by atoms with Crippen LogP contribution in [0.1, 0.15) is 25.3 Å². The van der Waals surface area contributed by atoms with Crippen molar-refractivity contribution < 1.29 is 0 Å². The number of aliphatic imine (C=N–C) groups is 1. The molecule has 0 saturated carbocycles. The molecule has 24 heavy (non-hydrogen) atoms. The lowest BCUT2D eigenvalue weighted by Gasteiger charge is -2.31. The van der Waals surface area contributed by atoms with E-state index in [1.54, 1.807) is 0 Å². The molecule has 0 spiro atoms. The highest BCUT2D eigenvalue weighted by molar-refractivity contribution is 14.0. The highest BCUT2D eigenvalue weighted by atomic mass is 127. The largest absolute Gasteiger partial charge is 0.370 e. The second-order valence-electron chi connectivity index (χ2n) is 6.47. The Balaban J connectivity index is 0.00000208.